The number of methoxy groups -OCH3 is 2. The van der Waals surface area contributed by atoms with Gasteiger partial charge in [-0.2, -0.15) is 0 Å². The molecule has 0 fully saturated rings. The second kappa shape index (κ2) is 19.1. The van der Waals surface area contributed by atoms with Gasteiger partial charge in [0.25, 0.3) is 5.91 Å². The van der Waals surface area contributed by atoms with Crippen molar-refractivity contribution in [1.82, 2.24) is 31.4 Å². The molecule has 1 heterocycles. The van der Waals surface area contributed by atoms with Crippen molar-refractivity contribution in [3.63, 3.8) is 0 Å². The molecule has 0 spiro atoms. The molecule has 3 aromatic rings. The molecule has 2 aromatic carbocycles. The van der Waals surface area contributed by atoms with Gasteiger partial charge in [-0.25, -0.2) is 14.6 Å². The lowest BCUT2D eigenvalue weighted by atomic mass is 9.98. The third-order valence-corrected chi connectivity index (χ3v) is 7.87. The van der Waals surface area contributed by atoms with E-state index in [-0.39, 0.29) is 31.3 Å². The quantitative estimate of drug-likeness (QED) is 0.143. The maximum absolute atomic E-state index is 13.6. The highest BCUT2D eigenvalue weighted by molar-refractivity contribution is 5.86. The maximum atomic E-state index is 13.6. The fourth-order valence-electron chi connectivity index (χ4n) is 5.13. The molecule has 0 aliphatic rings. The number of rotatable bonds is 16. The van der Waals surface area contributed by atoms with Crippen molar-refractivity contribution in [3.05, 3.63) is 90.1 Å². The van der Waals surface area contributed by atoms with Crippen LogP contribution in [0.5, 0.6) is 0 Å². The van der Waals surface area contributed by atoms with Gasteiger partial charge in [0, 0.05) is 24.8 Å². The van der Waals surface area contributed by atoms with E-state index in [0.717, 1.165) is 22.4 Å². The lowest BCUT2D eigenvalue weighted by Gasteiger charge is -2.33. The fourth-order valence-corrected chi connectivity index (χ4v) is 5.13. The van der Waals surface area contributed by atoms with Gasteiger partial charge in [0.2, 0.25) is 5.91 Å². The number of hydrogen-bond acceptors (Lipinski definition) is 9. The lowest BCUT2D eigenvalue weighted by molar-refractivity contribution is -0.131. The van der Waals surface area contributed by atoms with Crippen LogP contribution in [0.2, 0.25) is 0 Å². The Bertz CT molecular complexity index is 1490. The zero-order valence-corrected chi connectivity index (χ0v) is 28.9. The zero-order chi connectivity index (χ0) is 35.9. The Morgan fingerprint density at radius 2 is 1.31 bits per heavy atom. The third kappa shape index (κ3) is 12.2. The highest BCUT2D eigenvalue weighted by Gasteiger charge is 2.32. The first kappa shape index (κ1) is 38.4. The Labute approximate surface area is 287 Å². The van der Waals surface area contributed by atoms with E-state index in [4.69, 9.17) is 9.47 Å². The van der Waals surface area contributed by atoms with Crippen LogP contribution in [0.3, 0.4) is 0 Å². The molecule has 0 aliphatic carbocycles. The molecule has 1 aromatic heterocycles. The molecule has 0 saturated heterocycles. The van der Waals surface area contributed by atoms with Gasteiger partial charge in [-0.05, 0) is 41.5 Å². The highest BCUT2D eigenvalue weighted by Crippen LogP contribution is 2.18. The first-order valence-electron chi connectivity index (χ1n) is 16.2. The molecule has 264 valence electrons. The predicted molar refractivity (Wildman–Crippen MR) is 185 cm³/mol. The van der Waals surface area contributed by atoms with Crippen LogP contribution in [0.1, 0.15) is 38.8 Å². The summed E-state index contributed by atoms with van der Waals surface area (Å²) in [5, 5.41) is 21.3. The summed E-state index contributed by atoms with van der Waals surface area (Å²) < 4.78 is 9.43. The van der Waals surface area contributed by atoms with Crippen LogP contribution in [0.4, 0.5) is 9.59 Å². The first-order chi connectivity index (χ1) is 23.4. The molecule has 13 heteroatoms. The van der Waals surface area contributed by atoms with Crippen molar-refractivity contribution >= 4 is 24.0 Å². The van der Waals surface area contributed by atoms with Crippen molar-refractivity contribution < 1.29 is 33.8 Å². The van der Waals surface area contributed by atoms with E-state index in [0.29, 0.717) is 0 Å². The van der Waals surface area contributed by atoms with Crippen molar-refractivity contribution in [3.8, 4) is 11.3 Å². The number of alkyl carbamates (subject to hydrolysis) is 2. The van der Waals surface area contributed by atoms with Crippen LogP contribution in [0.15, 0.2) is 79.0 Å². The number of pyridine rings is 1. The van der Waals surface area contributed by atoms with E-state index in [1.54, 1.807) is 38.9 Å². The van der Waals surface area contributed by atoms with Crippen LogP contribution >= 0.6 is 0 Å². The molecular formula is C36H48N6O7. The Kier molecular flexibility index (Phi) is 15.0. The summed E-state index contributed by atoms with van der Waals surface area (Å²) in [5.74, 6) is -1.58. The summed E-state index contributed by atoms with van der Waals surface area (Å²) in [7, 11) is 2.43. The molecule has 0 aliphatic heterocycles. The van der Waals surface area contributed by atoms with E-state index >= 15 is 0 Å². The maximum Gasteiger partial charge on any atom is 0.407 e. The zero-order valence-electron chi connectivity index (χ0n) is 28.9. The van der Waals surface area contributed by atoms with E-state index in [2.05, 4.69) is 26.4 Å². The molecule has 4 atom stereocenters. The summed E-state index contributed by atoms with van der Waals surface area (Å²) in [5.41, 5.74) is 6.26. The van der Waals surface area contributed by atoms with E-state index in [9.17, 15) is 24.3 Å². The summed E-state index contributed by atoms with van der Waals surface area (Å²) >= 11 is 0. The SMILES string of the molecule is COC(=O)N[C@H](C(=O)N[C@H](Cc1ccccc1)[C@@H](O)CN(Cc1ccc(-c2ccccn2)cc1)NC(=O)[C@H](NC(=O)OC)C(C)C)C(C)C. The number of hydrazine groups is 1. The van der Waals surface area contributed by atoms with Gasteiger partial charge in [0.05, 0.1) is 32.1 Å². The molecule has 49 heavy (non-hydrogen) atoms. The number of amides is 4. The van der Waals surface area contributed by atoms with Gasteiger partial charge in [-0.3, -0.25) is 20.0 Å². The molecular weight excluding hydrogens is 628 g/mol. The number of nitrogens with one attached hydrogen (secondary N) is 4. The third-order valence-electron chi connectivity index (χ3n) is 7.87. The van der Waals surface area contributed by atoms with Crippen molar-refractivity contribution in [2.75, 3.05) is 20.8 Å². The number of hydrogen-bond donors (Lipinski definition) is 5. The number of benzene rings is 2. The summed E-state index contributed by atoms with van der Waals surface area (Å²) in [6, 6.07) is 20.0. The predicted octanol–water partition coefficient (Wildman–Crippen LogP) is 3.43. The molecule has 0 radical (unpaired) electrons. The number of aromatic nitrogens is 1. The van der Waals surface area contributed by atoms with Gasteiger partial charge in [-0.1, -0.05) is 88.4 Å². The Morgan fingerprint density at radius 3 is 1.84 bits per heavy atom. The molecule has 3 rings (SSSR count). The standard InChI is InChI=1S/C36H48N6O7/c1-23(2)31(39-35(46)48-5)33(44)38-29(20-25-12-8-7-9-13-25)30(43)22-42(41-34(45)32(24(3)4)40-36(47)49-6)21-26-15-17-27(18-16-26)28-14-10-11-19-37-28/h7-19,23-24,29-32,43H,20-22H2,1-6H3,(H,38,44)(H,39,46)(H,40,47)(H,41,45)/t29-,30+,31+,32-/m1/s1. The average molecular weight is 677 g/mol. The van der Waals surface area contributed by atoms with E-state index < -0.39 is 48.2 Å². The van der Waals surface area contributed by atoms with Crippen LogP contribution in [0.25, 0.3) is 11.3 Å². The van der Waals surface area contributed by atoms with Crippen LogP contribution in [-0.4, -0.2) is 84.1 Å². The van der Waals surface area contributed by atoms with Crippen LogP contribution < -0.4 is 21.4 Å². The van der Waals surface area contributed by atoms with Gasteiger partial charge >= 0.3 is 12.2 Å². The molecule has 0 saturated carbocycles. The molecule has 4 amide bonds. The Hall–Kier alpha value is -5.01. The highest BCUT2D eigenvalue weighted by atomic mass is 16.5. The largest absolute Gasteiger partial charge is 0.453 e. The number of nitrogens with zero attached hydrogens (tertiary/aromatic N) is 2. The van der Waals surface area contributed by atoms with E-state index in [1.807, 2.05) is 72.8 Å². The second-order valence-corrected chi connectivity index (χ2v) is 12.4. The fraction of sp³-hybridized carbons (Fsp3) is 0.417. The van der Waals surface area contributed by atoms with Crippen LogP contribution in [0, 0.1) is 11.8 Å². The number of ether oxygens (including phenoxy) is 2. The molecule has 0 unspecified atom stereocenters. The molecule has 13 nitrogen and oxygen atoms in total. The monoisotopic (exact) mass is 676 g/mol. The van der Waals surface area contributed by atoms with Crippen molar-refractivity contribution in [1.29, 1.82) is 0 Å². The number of carbonyl (C=O) groups is 4. The minimum absolute atomic E-state index is 0.106. The van der Waals surface area contributed by atoms with Crippen molar-refractivity contribution in [2.45, 2.75) is 64.9 Å². The topological polar surface area (TPSA) is 171 Å². The normalized spacial score (nSPS) is 13.6. The molecule has 5 N–H and O–H groups in total. The van der Waals surface area contributed by atoms with Crippen LogP contribution in [-0.2, 0) is 32.0 Å². The van der Waals surface area contributed by atoms with Gasteiger partial charge < -0.3 is 30.5 Å². The van der Waals surface area contributed by atoms with Gasteiger partial charge in [-0.15, -0.1) is 0 Å². The number of carbonyl (C=O) groups excluding carboxylic acids is 4. The summed E-state index contributed by atoms with van der Waals surface area (Å²) in [6.45, 7) is 7.22. The Balaban J connectivity index is 1.91. The summed E-state index contributed by atoms with van der Waals surface area (Å²) in [4.78, 5) is 55.5. The lowest BCUT2D eigenvalue weighted by Crippen LogP contribution is -2.59. The number of aliphatic hydroxyl groups excluding tert-OH is 1. The van der Waals surface area contributed by atoms with Gasteiger partial charge in [0.1, 0.15) is 12.1 Å². The second-order valence-electron chi connectivity index (χ2n) is 12.4. The smallest absolute Gasteiger partial charge is 0.407 e. The summed E-state index contributed by atoms with van der Waals surface area (Å²) in [6.07, 6.45) is -0.729. The Morgan fingerprint density at radius 1 is 0.735 bits per heavy atom. The minimum Gasteiger partial charge on any atom is -0.453 e. The molecule has 0 bridgehead atoms. The van der Waals surface area contributed by atoms with Gasteiger partial charge in [0.15, 0.2) is 0 Å². The first-order valence-corrected chi connectivity index (χ1v) is 16.2. The minimum atomic E-state index is -1.20. The van der Waals surface area contributed by atoms with Crippen molar-refractivity contribution in [2.24, 2.45) is 11.8 Å². The average Bonchev–Trinajstić information content (AvgIpc) is 3.09. The van der Waals surface area contributed by atoms with E-state index in [1.165, 1.54) is 14.2 Å². The number of aliphatic hydroxyl groups is 1.